The zero-order valence-corrected chi connectivity index (χ0v) is 7.67. The van der Waals surface area contributed by atoms with E-state index in [0.717, 1.165) is 6.42 Å². The maximum atomic E-state index is 11.8. The number of hydrogen-bond donors (Lipinski definition) is 3. The second kappa shape index (κ2) is 5.21. The van der Waals surface area contributed by atoms with Crippen LogP contribution in [0.5, 0.6) is 0 Å². The van der Waals surface area contributed by atoms with Gasteiger partial charge in [-0.2, -0.15) is 0 Å². The third-order valence-corrected chi connectivity index (χ3v) is 2.12. The maximum absolute atomic E-state index is 11.8. The van der Waals surface area contributed by atoms with Crippen molar-refractivity contribution in [1.82, 2.24) is 10.6 Å². The standard InChI is InChI=1S/C8H14F2N2O2/c9-8(10)6(13)4-11-3-5-1-2-7(14)12-5/h5-6,8,11,13H,1-4H2,(H,12,14). The van der Waals surface area contributed by atoms with Crippen molar-refractivity contribution in [3.63, 3.8) is 0 Å². The highest BCUT2D eigenvalue weighted by atomic mass is 19.3. The second-order valence-corrected chi connectivity index (χ2v) is 3.36. The molecule has 0 radical (unpaired) electrons. The SMILES string of the molecule is O=C1CCC(CNCC(O)C(F)F)N1. The largest absolute Gasteiger partial charge is 0.386 e. The van der Waals surface area contributed by atoms with Crippen molar-refractivity contribution in [2.45, 2.75) is 31.4 Å². The van der Waals surface area contributed by atoms with Crippen LogP contribution in [0.4, 0.5) is 8.78 Å². The fourth-order valence-corrected chi connectivity index (χ4v) is 1.32. The fraction of sp³-hybridized carbons (Fsp3) is 0.875. The van der Waals surface area contributed by atoms with Crippen LogP contribution >= 0.6 is 0 Å². The molecule has 1 saturated heterocycles. The molecule has 82 valence electrons. The smallest absolute Gasteiger partial charge is 0.265 e. The Hall–Kier alpha value is -0.750. The van der Waals surface area contributed by atoms with E-state index in [1.807, 2.05) is 0 Å². The number of halogens is 2. The molecule has 0 spiro atoms. The lowest BCUT2D eigenvalue weighted by atomic mass is 10.2. The fourth-order valence-electron chi connectivity index (χ4n) is 1.32. The van der Waals surface area contributed by atoms with Gasteiger partial charge in [0.2, 0.25) is 5.91 Å². The minimum absolute atomic E-state index is 0.00683. The van der Waals surface area contributed by atoms with E-state index >= 15 is 0 Å². The predicted octanol–water partition coefficient (Wildman–Crippen LogP) is -0.519. The quantitative estimate of drug-likeness (QED) is 0.569. The van der Waals surface area contributed by atoms with E-state index in [-0.39, 0.29) is 18.5 Å². The highest BCUT2D eigenvalue weighted by Gasteiger charge is 2.21. The average Bonchev–Trinajstić information content (AvgIpc) is 2.51. The third kappa shape index (κ3) is 3.55. The van der Waals surface area contributed by atoms with Crippen LogP contribution in [0.1, 0.15) is 12.8 Å². The summed E-state index contributed by atoms with van der Waals surface area (Å²) in [5.74, 6) is -0.00814. The molecule has 14 heavy (non-hydrogen) atoms. The number of amides is 1. The molecule has 0 aromatic rings. The van der Waals surface area contributed by atoms with Gasteiger partial charge in [0.25, 0.3) is 6.43 Å². The van der Waals surface area contributed by atoms with Gasteiger partial charge in [-0.15, -0.1) is 0 Å². The van der Waals surface area contributed by atoms with Gasteiger partial charge in [0.15, 0.2) is 0 Å². The Morgan fingerprint density at radius 3 is 2.86 bits per heavy atom. The Morgan fingerprint density at radius 2 is 2.36 bits per heavy atom. The van der Waals surface area contributed by atoms with E-state index in [4.69, 9.17) is 5.11 Å². The van der Waals surface area contributed by atoms with E-state index in [0.29, 0.717) is 13.0 Å². The van der Waals surface area contributed by atoms with Crippen LogP contribution < -0.4 is 10.6 Å². The molecule has 1 fully saturated rings. The van der Waals surface area contributed by atoms with Gasteiger partial charge in [0, 0.05) is 25.6 Å². The van der Waals surface area contributed by atoms with Gasteiger partial charge in [-0.3, -0.25) is 4.79 Å². The Balaban J connectivity index is 2.07. The lowest BCUT2D eigenvalue weighted by molar-refractivity contribution is -0.119. The third-order valence-electron chi connectivity index (χ3n) is 2.12. The Kier molecular flexibility index (Phi) is 4.21. The van der Waals surface area contributed by atoms with Gasteiger partial charge in [0.1, 0.15) is 6.10 Å². The van der Waals surface area contributed by atoms with Gasteiger partial charge in [-0.25, -0.2) is 8.78 Å². The van der Waals surface area contributed by atoms with Crippen molar-refractivity contribution < 1.29 is 18.7 Å². The Labute approximate surface area is 80.7 Å². The summed E-state index contributed by atoms with van der Waals surface area (Å²) in [5, 5.41) is 14.1. The number of aliphatic hydroxyl groups is 1. The summed E-state index contributed by atoms with van der Waals surface area (Å²) in [7, 11) is 0. The van der Waals surface area contributed by atoms with Gasteiger partial charge < -0.3 is 15.7 Å². The van der Waals surface area contributed by atoms with Crippen LogP contribution in [0.2, 0.25) is 0 Å². The van der Waals surface area contributed by atoms with Gasteiger partial charge in [0.05, 0.1) is 0 Å². The number of rotatable bonds is 5. The maximum Gasteiger partial charge on any atom is 0.265 e. The predicted molar refractivity (Wildman–Crippen MR) is 46.0 cm³/mol. The minimum atomic E-state index is -2.72. The van der Waals surface area contributed by atoms with Crippen molar-refractivity contribution in [3.8, 4) is 0 Å². The van der Waals surface area contributed by atoms with Crippen LogP contribution in [0.3, 0.4) is 0 Å². The topological polar surface area (TPSA) is 61.4 Å². The van der Waals surface area contributed by atoms with Gasteiger partial charge >= 0.3 is 0 Å². The van der Waals surface area contributed by atoms with Crippen molar-refractivity contribution >= 4 is 5.91 Å². The van der Waals surface area contributed by atoms with Crippen LogP contribution in [0.15, 0.2) is 0 Å². The highest BCUT2D eigenvalue weighted by Crippen LogP contribution is 2.05. The van der Waals surface area contributed by atoms with Crippen LogP contribution in [-0.4, -0.2) is 42.7 Å². The van der Waals surface area contributed by atoms with E-state index < -0.39 is 12.5 Å². The lowest BCUT2D eigenvalue weighted by Crippen LogP contribution is -2.40. The molecular weight excluding hydrogens is 194 g/mol. The zero-order chi connectivity index (χ0) is 10.6. The van der Waals surface area contributed by atoms with Gasteiger partial charge in [-0.05, 0) is 6.42 Å². The minimum Gasteiger partial charge on any atom is -0.386 e. The summed E-state index contributed by atoms with van der Waals surface area (Å²) in [6.07, 6.45) is -3.15. The molecule has 4 nitrogen and oxygen atoms in total. The monoisotopic (exact) mass is 208 g/mol. The average molecular weight is 208 g/mol. The first-order chi connectivity index (χ1) is 6.59. The van der Waals surface area contributed by atoms with E-state index in [9.17, 15) is 13.6 Å². The molecule has 2 unspecified atom stereocenters. The summed E-state index contributed by atoms with van der Waals surface area (Å²) in [5.41, 5.74) is 0. The molecule has 1 heterocycles. The highest BCUT2D eigenvalue weighted by molar-refractivity contribution is 5.78. The van der Waals surface area contributed by atoms with Gasteiger partial charge in [-0.1, -0.05) is 0 Å². The van der Waals surface area contributed by atoms with Crippen molar-refractivity contribution in [2.24, 2.45) is 0 Å². The molecule has 0 aromatic heterocycles. The molecule has 0 saturated carbocycles. The molecule has 0 aliphatic carbocycles. The Morgan fingerprint density at radius 1 is 1.64 bits per heavy atom. The number of carbonyl (C=O) groups is 1. The van der Waals surface area contributed by atoms with Crippen LogP contribution in [0.25, 0.3) is 0 Å². The molecule has 3 N–H and O–H groups in total. The van der Waals surface area contributed by atoms with Crippen LogP contribution in [-0.2, 0) is 4.79 Å². The zero-order valence-electron chi connectivity index (χ0n) is 7.67. The lowest BCUT2D eigenvalue weighted by Gasteiger charge is -2.14. The molecule has 6 heteroatoms. The Bertz CT molecular complexity index is 202. The molecule has 1 aliphatic heterocycles. The van der Waals surface area contributed by atoms with E-state index in [1.165, 1.54) is 0 Å². The first-order valence-corrected chi connectivity index (χ1v) is 4.56. The molecule has 1 amide bonds. The summed E-state index contributed by atoms with van der Waals surface area (Å²) in [6, 6.07) is 0.00683. The second-order valence-electron chi connectivity index (χ2n) is 3.36. The summed E-state index contributed by atoms with van der Waals surface area (Å²) in [4.78, 5) is 10.8. The number of hydrogen-bond acceptors (Lipinski definition) is 3. The number of nitrogens with one attached hydrogen (secondary N) is 2. The van der Waals surface area contributed by atoms with Crippen molar-refractivity contribution in [3.05, 3.63) is 0 Å². The summed E-state index contributed by atoms with van der Waals surface area (Å²) in [6.45, 7) is 0.277. The van der Waals surface area contributed by atoms with Crippen molar-refractivity contribution in [2.75, 3.05) is 13.1 Å². The normalized spacial score (nSPS) is 24.0. The molecule has 1 aliphatic rings. The number of aliphatic hydroxyl groups excluding tert-OH is 1. The molecule has 2 atom stereocenters. The molecule has 0 bridgehead atoms. The molecule has 1 rings (SSSR count). The number of alkyl halides is 2. The van der Waals surface area contributed by atoms with Crippen LogP contribution in [0, 0.1) is 0 Å². The van der Waals surface area contributed by atoms with E-state index in [2.05, 4.69) is 10.6 Å². The first-order valence-electron chi connectivity index (χ1n) is 4.56. The van der Waals surface area contributed by atoms with Crippen molar-refractivity contribution in [1.29, 1.82) is 0 Å². The summed E-state index contributed by atoms with van der Waals surface area (Å²) < 4.78 is 23.7. The number of carbonyl (C=O) groups excluding carboxylic acids is 1. The molecule has 0 aromatic carbocycles. The molecular formula is C8H14F2N2O2. The first kappa shape index (κ1) is 11.3. The van der Waals surface area contributed by atoms with E-state index in [1.54, 1.807) is 0 Å². The summed E-state index contributed by atoms with van der Waals surface area (Å²) >= 11 is 0.